The minimum absolute atomic E-state index is 0.0554. The zero-order valence-electron chi connectivity index (χ0n) is 8.99. The predicted molar refractivity (Wildman–Crippen MR) is 66.6 cm³/mol. The van der Waals surface area contributed by atoms with Crippen LogP contribution in [-0.2, 0) is 6.61 Å². The highest BCUT2D eigenvalue weighted by Gasteiger charge is 2.02. The van der Waals surface area contributed by atoms with Crippen molar-refractivity contribution in [1.29, 1.82) is 0 Å². The second-order valence-corrected chi connectivity index (χ2v) is 4.01. The Kier molecular flexibility index (Phi) is 3.49. The van der Waals surface area contributed by atoms with E-state index in [2.05, 4.69) is 0 Å². The van der Waals surface area contributed by atoms with E-state index in [0.29, 0.717) is 18.0 Å². The number of halogens is 2. The van der Waals surface area contributed by atoms with E-state index < -0.39 is 5.82 Å². The molecule has 88 valence electrons. The molecule has 0 bridgehead atoms. The van der Waals surface area contributed by atoms with Gasteiger partial charge in [-0.25, -0.2) is 4.39 Å². The maximum Gasteiger partial charge on any atom is 0.142 e. The first-order valence-electron chi connectivity index (χ1n) is 5.07. The van der Waals surface area contributed by atoms with Crippen molar-refractivity contribution in [2.24, 2.45) is 0 Å². The molecule has 2 N–H and O–H groups in total. The number of rotatable bonds is 3. The summed E-state index contributed by atoms with van der Waals surface area (Å²) >= 11 is 5.64. The lowest BCUT2D eigenvalue weighted by atomic mass is 10.2. The summed E-state index contributed by atoms with van der Waals surface area (Å²) in [5.74, 6) is 0.0831. The van der Waals surface area contributed by atoms with Gasteiger partial charge in [-0.1, -0.05) is 23.7 Å². The van der Waals surface area contributed by atoms with Crippen LogP contribution < -0.4 is 10.5 Å². The third-order valence-corrected chi connectivity index (χ3v) is 2.57. The summed E-state index contributed by atoms with van der Waals surface area (Å²) in [5, 5.41) is 0.0554. The predicted octanol–water partition coefficient (Wildman–Crippen LogP) is 3.64. The molecule has 0 heterocycles. The largest absolute Gasteiger partial charge is 0.489 e. The highest BCUT2D eigenvalue weighted by Crippen LogP contribution is 2.22. The van der Waals surface area contributed by atoms with Crippen LogP contribution in [0.5, 0.6) is 5.75 Å². The van der Waals surface area contributed by atoms with Crippen molar-refractivity contribution in [3.05, 3.63) is 58.9 Å². The molecule has 17 heavy (non-hydrogen) atoms. The molecule has 0 fully saturated rings. The second-order valence-electron chi connectivity index (χ2n) is 3.61. The minimum Gasteiger partial charge on any atom is -0.489 e. The Morgan fingerprint density at radius 1 is 1.12 bits per heavy atom. The zero-order valence-corrected chi connectivity index (χ0v) is 9.75. The topological polar surface area (TPSA) is 35.2 Å². The Bertz CT molecular complexity index is 513. The molecule has 2 aromatic carbocycles. The van der Waals surface area contributed by atoms with Gasteiger partial charge in [0, 0.05) is 11.8 Å². The van der Waals surface area contributed by atoms with Crippen LogP contribution in [0.2, 0.25) is 5.02 Å². The monoisotopic (exact) mass is 251 g/mol. The van der Waals surface area contributed by atoms with Crippen LogP contribution in [0.25, 0.3) is 0 Å². The van der Waals surface area contributed by atoms with Crippen LogP contribution >= 0.6 is 11.6 Å². The average molecular weight is 252 g/mol. The average Bonchev–Trinajstić information content (AvgIpc) is 2.33. The van der Waals surface area contributed by atoms with Crippen LogP contribution in [0.15, 0.2) is 42.5 Å². The highest BCUT2D eigenvalue weighted by molar-refractivity contribution is 6.30. The molecule has 0 saturated carbocycles. The van der Waals surface area contributed by atoms with Crippen molar-refractivity contribution in [3.8, 4) is 5.75 Å². The Morgan fingerprint density at radius 2 is 1.82 bits per heavy atom. The standard InChI is InChI=1S/C13H11ClFNO/c14-12-7-11(5-6-13(12)15)17-8-9-1-3-10(16)4-2-9/h1-7H,8,16H2. The molecule has 0 radical (unpaired) electrons. The lowest BCUT2D eigenvalue weighted by Gasteiger charge is -2.07. The SMILES string of the molecule is Nc1ccc(COc2ccc(F)c(Cl)c2)cc1. The smallest absolute Gasteiger partial charge is 0.142 e. The van der Waals surface area contributed by atoms with E-state index in [-0.39, 0.29) is 5.02 Å². The molecule has 0 atom stereocenters. The maximum absolute atomic E-state index is 12.9. The van der Waals surface area contributed by atoms with Gasteiger partial charge in [0.1, 0.15) is 18.2 Å². The van der Waals surface area contributed by atoms with Gasteiger partial charge in [-0.3, -0.25) is 0 Å². The molecule has 0 aliphatic heterocycles. The molecule has 0 amide bonds. The number of nitrogens with two attached hydrogens (primary N) is 1. The Balaban J connectivity index is 2.02. The maximum atomic E-state index is 12.9. The van der Waals surface area contributed by atoms with E-state index in [1.807, 2.05) is 12.1 Å². The fourth-order valence-corrected chi connectivity index (χ4v) is 1.52. The molecule has 2 nitrogen and oxygen atoms in total. The third-order valence-electron chi connectivity index (χ3n) is 2.28. The Morgan fingerprint density at radius 3 is 2.47 bits per heavy atom. The molecular weight excluding hydrogens is 241 g/mol. The molecule has 0 aromatic heterocycles. The van der Waals surface area contributed by atoms with Crippen molar-refractivity contribution in [1.82, 2.24) is 0 Å². The molecule has 2 aromatic rings. The Labute approximate surface area is 104 Å². The number of ether oxygens (including phenoxy) is 1. The van der Waals surface area contributed by atoms with Gasteiger partial charge in [0.15, 0.2) is 0 Å². The van der Waals surface area contributed by atoms with Crippen LogP contribution in [0.4, 0.5) is 10.1 Å². The van der Waals surface area contributed by atoms with E-state index in [1.54, 1.807) is 18.2 Å². The number of nitrogen functional groups attached to an aromatic ring is 1. The first-order valence-corrected chi connectivity index (χ1v) is 5.45. The molecule has 2 rings (SSSR count). The van der Waals surface area contributed by atoms with Crippen molar-refractivity contribution >= 4 is 17.3 Å². The van der Waals surface area contributed by atoms with Crippen molar-refractivity contribution in [2.75, 3.05) is 5.73 Å². The molecule has 0 unspecified atom stereocenters. The van der Waals surface area contributed by atoms with Crippen LogP contribution in [0, 0.1) is 5.82 Å². The van der Waals surface area contributed by atoms with E-state index in [0.717, 1.165) is 5.56 Å². The second kappa shape index (κ2) is 5.06. The highest BCUT2D eigenvalue weighted by atomic mass is 35.5. The van der Waals surface area contributed by atoms with Crippen molar-refractivity contribution in [2.45, 2.75) is 6.61 Å². The first kappa shape index (κ1) is 11.7. The summed E-state index contributed by atoms with van der Waals surface area (Å²) in [6.45, 7) is 0.391. The van der Waals surface area contributed by atoms with Gasteiger partial charge in [-0.2, -0.15) is 0 Å². The van der Waals surface area contributed by atoms with Gasteiger partial charge in [0.05, 0.1) is 5.02 Å². The molecule has 0 aliphatic rings. The van der Waals surface area contributed by atoms with Crippen molar-refractivity contribution in [3.63, 3.8) is 0 Å². The summed E-state index contributed by atoms with van der Waals surface area (Å²) in [4.78, 5) is 0. The molecule has 4 heteroatoms. The first-order chi connectivity index (χ1) is 8.15. The fraction of sp³-hybridized carbons (Fsp3) is 0.0769. The quantitative estimate of drug-likeness (QED) is 0.846. The summed E-state index contributed by atoms with van der Waals surface area (Å²) < 4.78 is 18.4. The Hall–Kier alpha value is -1.74. The lowest BCUT2D eigenvalue weighted by molar-refractivity contribution is 0.306. The van der Waals surface area contributed by atoms with E-state index in [1.165, 1.54) is 12.1 Å². The fourth-order valence-electron chi connectivity index (χ4n) is 1.35. The van der Waals surface area contributed by atoms with Gasteiger partial charge in [0.2, 0.25) is 0 Å². The number of hydrogen-bond acceptors (Lipinski definition) is 2. The third kappa shape index (κ3) is 3.11. The van der Waals surface area contributed by atoms with Gasteiger partial charge in [0.25, 0.3) is 0 Å². The molecule has 0 spiro atoms. The van der Waals surface area contributed by atoms with Crippen molar-refractivity contribution < 1.29 is 9.13 Å². The number of hydrogen-bond donors (Lipinski definition) is 1. The van der Waals surface area contributed by atoms with E-state index in [9.17, 15) is 4.39 Å². The number of anilines is 1. The summed E-state index contributed by atoms with van der Waals surface area (Å²) in [6, 6.07) is 11.6. The minimum atomic E-state index is -0.452. The summed E-state index contributed by atoms with van der Waals surface area (Å²) in [6.07, 6.45) is 0. The van der Waals surface area contributed by atoms with Crippen LogP contribution in [0.1, 0.15) is 5.56 Å². The van der Waals surface area contributed by atoms with E-state index >= 15 is 0 Å². The van der Waals surface area contributed by atoms with Crippen LogP contribution in [0.3, 0.4) is 0 Å². The van der Waals surface area contributed by atoms with Gasteiger partial charge in [-0.05, 0) is 29.8 Å². The molecular formula is C13H11ClFNO. The van der Waals surface area contributed by atoms with Gasteiger partial charge >= 0.3 is 0 Å². The normalized spacial score (nSPS) is 10.2. The molecule has 0 saturated heterocycles. The zero-order chi connectivity index (χ0) is 12.3. The summed E-state index contributed by atoms with van der Waals surface area (Å²) in [5.41, 5.74) is 7.26. The summed E-state index contributed by atoms with van der Waals surface area (Å²) in [7, 11) is 0. The molecule has 0 aliphatic carbocycles. The lowest BCUT2D eigenvalue weighted by Crippen LogP contribution is -1.96. The van der Waals surface area contributed by atoms with Crippen LogP contribution in [-0.4, -0.2) is 0 Å². The number of benzene rings is 2. The van der Waals surface area contributed by atoms with Gasteiger partial charge < -0.3 is 10.5 Å². The van der Waals surface area contributed by atoms with E-state index in [4.69, 9.17) is 22.1 Å². The van der Waals surface area contributed by atoms with Gasteiger partial charge in [-0.15, -0.1) is 0 Å².